The van der Waals surface area contributed by atoms with Crippen molar-refractivity contribution < 1.29 is 9.53 Å². The molecule has 0 aliphatic carbocycles. The number of hydrogen-bond acceptors (Lipinski definition) is 2. The lowest BCUT2D eigenvalue weighted by Gasteiger charge is -2.35. The summed E-state index contributed by atoms with van der Waals surface area (Å²) >= 11 is 3.43. The summed E-state index contributed by atoms with van der Waals surface area (Å²) in [5, 5.41) is 0. The molecule has 0 aromatic heterocycles. The molecule has 1 heterocycles. The summed E-state index contributed by atoms with van der Waals surface area (Å²) in [6, 6.07) is 15.9. The van der Waals surface area contributed by atoms with Crippen LogP contribution in [0.25, 0.3) is 0 Å². The second kappa shape index (κ2) is 5.64. The SMILES string of the molecule is CC1(CCc2ccccc2)CC(=O)c2ccc(Br)cc2O1. The Labute approximate surface area is 133 Å². The van der Waals surface area contributed by atoms with Crippen LogP contribution in [0.5, 0.6) is 5.75 Å². The van der Waals surface area contributed by atoms with E-state index < -0.39 is 5.60 Å². The van der Waals surface area contributed by atoms with E-state index in [1.165, 1.54) is 5.56 Å². The number of benzene rings is 2. The van der Waals surface area contributed by atoms with E-state index in [1.807, 2.05) is 43.3 Å². The fraction of sp³-hybridized carbons (Fsp3) is 0.278. The third kappa shape index (κ3) is 3.18. The Morgan fingerprint density at radius 2 is 1.95 bits per heavy atom. The summed E-state index contributed by atoms with van der Waals surface area (Å²) in [6.07, 6.45) is 2.18. The number of rotatable bonds is 3. The monoisotopic (exact) mass is 344 g/mol. The molecule has 1 atom stereocenters. The van der Waals surface area contributed by atoms with Crippen LogP contribution in [0.4, 0.5) is 0 Å². The molecule has 0 N–H and O–H groups in total. The number of aryl methyl sites for hydroxylation is 1. The molecule has 0 bridgehead atoms. The zero-order chi connectivity index (χ0) is 14.9. The topological polar surface area (TPSA) is 26.3 Å². The molecule has 0 spiro atoms. The van der Waals surface area contributed by atoms with E-state index in [0.29, 0.717) is 17.7 Å². The van der Waals surface area contributed by atoms with Gasteiger partial charge in [0.05, 0.1) is 12.0 Å². The van der Waals surface area contributed by atoms with Gasteiger partial charge in [0.2, 0.25) is 0 Å². The largest absolute Gasteiger partial charge is 0.486 e. The lowest BCUT2D eigenvalue weighted by Crippen LogP contribution is -2.39. The summed E-state index contributed by atoms with van der Waals surface area (Å²) in [5.41, 5.74) is 1.53. The Morgan fingerprint density at radius 3 is 2.71 bits per heavy atom. The average Bonchev–Trinajstić information content (AvgIpc) is 2.46. The number of hydrogen-bond donors (Lipinski definition) is 0. The number of ether oxygens (including phenoxy) is 1. The molecule has 1 unspecified atom stereocenters. The number of Topliss-reactive ketones (excluding diaryl/α,β-unsaturated/α-hetero) is 1. The van der Waals surface area contributed by atoms with Gasteiger partial charge in [-0.1, -0.05) is 46.3 Å². The molecule has 108 valence electrons. The van der Waals surface area contributed by atoms with Crippen LogP contribution in [0.1, 0.15) is 35.7 Å². The minimum Gasteiger partial charge on any atom is -0.486 e. The highest BCUT2D eigenvalue weighted by atomic mass is 79.9. The van der Waals surface area contributed by atoms with Gasteiger partial charge >= 0.3 is 0 Å². The van der Waals surface area contributed by atoms with Crippen LogP contribution in [0.15, 0.2) is 53.0 Å². The van der Waals surface area contributed by atoms with Gasteiger partial charge in [-0.2, -0.15) is 0 Å². The molecule has 1 aliphatic heterocycles. The second-order valence-corrected chi connectivity index (χ2v) is 6.69. The van der Waals surface area contributed by atoms with Gasteiger partial charge in [0, 0.05) is 4.47 Å². The van der Waals surface area contributed by atoms with Gasteiger partial charge in [-0.25, -0.2) is 0 Å². The summed E-state index contributed by atoms with van der Waals surface area (Å²) < 4.78 is 7.07. The van der Waals surface area contributed by atoms with E-state index in [-0.39, 0.29) is 5.78 Å². The number of carbonyl (C=O) groups excluding carboxylic acids is 1. The molecular weight excluding hydrogens is 328 g/mol. The minimum absolute atomic E-state index is 0.166. The van der Waals surface area contributed by atoms with Crippen LogP contribution in [0.2, 0.25) is 0 Å². The van der Waals surface area contributed by atoms with Gasteiger partial charge in [-0.15, -0.1) is 0 Å². The van der Waals surface area contributed by atoms with Crippen molar-refractivity contribution >= 4 is 21.7 Å². The first-order chi connectivity index (χ1) is 10.1. The first-order valence-corrected chi connectivity index (χ1v) is 7.91. The Hall–Kier alpha value is -1.61. The molecule has 2 aromatic rings. The molecule has 2 aromatic carbocycles. The minimum atomic E-state index is -0.430. The predicted molar refractivity (Wildman–Crippen MR) is 86.9 cm³/mol. The van der Waals surface area contributed by atoms with Gasteiger partial charge in [0.1, 0.15) is 11.4 Å². The maximum Gasteiger partial charge on any atom is 0.170 e. The molecule has 0 saturated carbocycles. The summed E-state index contributed by atoms with van der Waals surface area (Å²) in [6.45, 7) is 2.03. The van der Waals surface area contributed by atoms with Crippen LogP contribution >= 0.6 is 15.9 Å². The fourth-order valence-electron chi connectivity index (χ4n) is 2.74. The van der Waals surface area contributed by atoms with Crippen molar-refractivity contribution in [2.75, 3.05) is 0 Å². The highest BCUT2D eigenvalue weighted by Crippen LogP contribution is 2.37. The van der Waals surface area contributed by atoms with Crippen molar-refractivity contribution in [3.8, 4) is 5.75 Å². The van der Waals surface area contributed by atoms with Crippen LogP contribution < -0.4 is 4.74 Å². The first kappa shape index (κ1) is 14.3. The highest BCUT2D eigenvalue weighted by molar-refractivity contribution is 9.10. The smallest absolute Gasteiger partial charge is 0.170 e. The number of halogens is 1. The van der Waals surface area contributed by atoms with E-state index in [0.717, 1.165) is 17.3 Å². The maximum atomic E-state index is 12.3. The summed E-state index contributed by atoms with van der Waals surface area (Å²) in [5.74, 6) is 0.857. The fourth-order valence-corrected chi connectivity index (χ4v) is 3.08. The first-order valence-electron chi connectivity index (χ1n) is 7.11. The number of ketones is 1. The van der Waals surface area contributed by atoms with Crippen LogP contribution in [0, 0.1) is 0 Å². The molecule has 1 aliphatic rings. The Morgan fingerprint density at radius 1 is 1.19 bits per heavy atom. The van der Waals surface area contributed by atoms with Crippen molar-refractivity contribution in [3.63, 3.8) is 0 Å². The Balaban J connectivity index is 1.78. The lowest BCUT2D eigenvalue weighted by molar-refractivity contribution is 0.0471. The zero-order valence-corrected chi connectivity index (χ0v) is 13.5. The van der Waals surface area contributed by atoms with E-state index in [2.05, 4.69) is 28.1 Å². The molecular formula is C18H17BrO2. The number of carbonyl (C=O) groups is 1. The van der Waals surface area contributed by atoms with Crippen molar-refractivity contribution in [1.29, 1.82) is 0 Å². The van der Waals surface area contributed by atoms with Crippen LogP contribution in [0.3, 0.4) is 0 Å². The molecule has 3 heteroatoms. The van der Waals surface area contributed by atoms with Crippen molar-refractivity contribution in [2.45, 2.75) is 31.8 Å². The van der Waals surface area contributed by atoms with Crippen molar-refractivity contribution in [1.82, 2.24) is 0 Å². The summed E-state index contributed by atoms with van der Waals surface area (Å²) in [7, 11) is 0. The Kier molecular flexibility index (Phi) is 3.85. The molecule has 21 heavy (non-hydrogen) atoms. The third-order valence-electron chi connectivity index (χ3n) is 3.92. The molecule has 0 radical (unpaired) electrons. The van der Waals surface area contributed by atoms with E-state index >= 15 is 0 Å². The highest BCUT2D eigenvalue weighted by Gasteiger charge is 2.36. The molecule has 2 nitrogen and oxygen atoms in total. The standard InChI is InChI=1S/C18H17BrO2/c1-18(10-9-13-5-3-2-4-6-13)12-16(20)15-8-7-14(19)11-17(15)21-18/h2-8,11H,9-10,12H2,1H3. The molecule has 0 amide bonds. The van der Waals surface area contributed by atoms with E-state index in [1.54, 1.807) is 0 Å². The van der Waals surface area contributed by atoms with E-state index in [4.69, 9.17) is 4.74 Å². The van der Waals surface area contributed by atoms with Crippen molar-refractivity contribution in [2.24, 2.45) is 0 Å². The van der Waals surface area contributed by atoms with Gasteiger partial charge in [-0.3, -0.25) is 4.79 Å². The van der Waals surface area contributed by atoms with Gasteiger partial charge in [0.25, 0.3) is 0 Å². The normalized spacial score (nSPS) is 20.8. The quantitative estimate of drug-likeness (QED) is 0.798. The molecule has 0 saturated heterocycles. The molecule has 3 rings (SSSR count). The number of fused-ring (bicyclic) bond motifs is 1. The van der Waals surface area contributed by atoms with Gasteiger partial charge < -0.3 is 4.74 Å². The second-order valence-electron chi connectivity index (χ2n) is 5.78. The zero-order valence-electron chi connectivity index (χ0n) is 11.9. The van der Waals surface area contributed by atoms with Crippen LogP contribution in [-0.4, -0.2) is 11.4 Å². The van der Waals surface area contributed by atoms with Crippen molar-refractivity contribution in [3.05, 3.63) is 64.1 Å². The maximum absolute atomic E-state index is 12.3. The predicted octanol–water partition coefficient (Wildman–Crippen LogP) is 4.81. The third-order valence-corrected chi connectivity index (χ3v) is 4.41. The Bertz CT molecular complexity index is 666. The summed E-state index contributed by atoms with van der Waals surface area (Å²) in [4.78, 5) is 12.3. The van der Waals surface area contributed by atoms with Crippen LogP contribution in [-0.2, 0) is 6.42 Å². The van der Waals surface area contributed by atoms with Gasteiger partial charge in [-0.05, 0) is 43.5 Å². The average molecular weight is 345 g/mol. The lowest BCUT2D eigenvalue weighted by atomic mass is 9.87. The molecule has 0 fully saturated rings. The van der Waals surface area contributed by atoms with Gasteiger partial charge in [0.15, 0.2) is 5.78 Å². The van der Waals surface area contributed by atoms with E-state index in [9.17, 15) is 4.79 Å².